The number of sulfone groups is 1. The van der Waals surface area contributed by atoms with E-state index in [9.17, 15) is 8.42 Å². The molecule has 0 aliphatic carbocycles. The lowest BCUT2D eigenvalue weighted by Gasteiger charge is -2.05. The Balaban J connectivity index is 1.79. The number of rotatable bonds is 5. The minimum Gasteiger partial charge on any atom is -0.240 e. The third-order valence-electron chi connectivity index (χ3n) is 3.36. The molecule has 0 atom stereocenters. The number of hydrogen-bond donors (Lipinski definition) is 0. The Bertz CT molecular complexity index is 968. The van der Waals surface area contributed by atoms with Gasteiger partial charge in [-0.15, -0.1) is 11.3 Å². The van der Waals surface area contributed by atoms with Crippen LogP contribution in [0.25, 0.3) is 10.6 Å². The van der Waals surface area contributed by atoms with E-state index in [1.807, 2.05) is 18.2 Å². The number of halogens is 2. The van der Waals surface area contributed by atoms with Crippen LogP contribution in [-0.2, 0) is 21.3 Å². The molecule has 124 valence electrons. The van der Waals surface area contributed by atoms with E-state index >= 15 is 0 Å². The standard InChI is InChI=1S/C17H13Cl2NO2S2/c18-15-7-3-1-5-12(15)10-24(21,22)11-13-9-23-17(20-13)14-6-2-4-8-16(14)19/h1-9H,10-11H2. The molecule has 3 aromatic rings. The maximum Gasteiger partial charge on any atom is 0.160 e. The van der Waals surface area contributed by atoms with Crippen molar-refractivity contribution >= 4 is 44.4 Å². The lowest BCUT2D eigenvalue weighted by molar-refractivity contribution is 0.594. The number of thiazole rings is 1. The second-order valence-electron chi connectivity index (χ2n) is 5.25. The van der Waals surface area contributed by atoms with E-state index in [4.69, 9.17) is 23.2 Å². The summed E-state index contributed by atoms with van der Waals surface area (Å²) >= 11 is 13.6. The normalized spacial score (nSPS) is 11.6. The van der Waals surface area contributed by atoms with Crippen LogP contribution in [0.4, 0.5) is 0 Å². The first-order valence-electron chi connectivity index (χ1n) is 7.08. The summed E-state index contributed by atoms with van der Waals surface area (Å²) in [4.78, 5) is 4.41. The molecule has 0 aliphatic rings. The van der Waals surface area contributed by atoms with Crippen molar-refractivity contribution in [2.75, 3.05) is 0 Å². The van der Waals surface area contributed by atoms with Gasteiger partial charge in [-0.3, -0.25) is 0 Å². The van der Waals surface area contributed by atoms with Crippen molar-refractivity contribution in [1.29, 1.82) is 0 Å². The van der Waals surface area contributed by atoms with Crippen LogP contribution in [0.1, 0.15) is 11.3 Å². The first kappa shape index (κ1) is 17.4. The molecule has 7 heteroatoms. The molecule has 0 spiro atoms. The van der Waals surface area contributed by atoms with Gasteiger partial charge >= 0.3 is 0 Å². The molecule has 1 aromatic heterocycles. The summed E-state index contributed by atoms with van der Waals surface area (Å²) in [7, 11) is -3.36. The molecule has 0 unspecified atom stereocenters. The first-order chi connectivity index (χ1) is 11.4. The zero-order valence-corrected chi connectivity index (χ0v) is 15.6. The monoisotopic (exact) mass is 397 g/mol. The third-order valence-corrected chi connectivity index (χ3v) is 6.47. The van der Waals surface area contributed by atoms with E-state index in [0.29, 0.717) is 26.3 Å². The minimum absolute atomic E-state index is 0.106. The molecule has 0 bridgehead atoms. The highest BCUT2D eigenvalue weighted by atomic mass is 35.5. The Morgan fingerprint density at radius 2 is 1.58 bits per heavy atom. The van der Waals surface area contributed by atoms with E-state index in [1.54, 1.807) is 35.7 Å². The summed E-state index contributed by atoms with van der Waals surface area (Å²) in [5.41, 5.74) is 1.92. The molecule has 24 heavy (non-hydrogen) atoms. The fourth-order valence-corrected chi connectivity index (χ4v) is 5.21. The predicted molar refractivity (Wildman–Crippen MR) is 100 cm³/mol. The van der Waals surface area contributed by atoms with Crippen LogP contribution in [-0.4, -0.2) is 13.4 Å². The second-order valence-corrected chi connectivity index (χ2v) is 8.98. The van der Waals surface area contributed by atoms with Crippen LogP contribution in [0.3, 0.4) is 0 Å². The largest absolute Gasteiger partial charge is 0.240 e. The van der Waals surface area contributed by atoms with Gasteiger partial charge in [0.05, 0.1) is 22.2 Å². The van der Waals surface area contributed by atoms with Gasteiger partial charge in [-0.25, -0.2) is 13.4 Å². The van der Waals surface area contributed by atoms with Crippen molar-refractivity contribution in [3.63, 3.8) is 0 Å². The second kappa shape index (κ2) is 7.23. The van der Waals surface area contributed by atoms with Crippen molar-refractivity contribution in [2.24, 2.45) is 0 Å². The molecule has 3 nitrogen and oxygen atoms in total. The number of benzene rings is 2. The van der Waals surface area contributed by atoms with Crippen LogP contribution >= 0.6 is 34.5 Å². The lowest BCUT2D eigenvalue weighted by Crippen LogP contribution is -2.08. The quantitative estimate of drug-likeness (QED) is 0.591. The third kappa shape index (κ3) is 4.16. The molecule has 1 heterocycles. The van der Waals surface area contributed by atoms with E-state index in [2.05, 4.69) is 4.98 Å². The van der Waals surface area contributed by atoms with Gasteiger partial charge in [-0.05, 0) is 17.7 Å². The molecule has 0 fully saturated rings. The molecular formula is C17H13Cl2NO2S2. The maximum absolute atomic E-state index is 12.4. The van der Waals surface area contributed by atoms with Crippen LogP contribution in [0.15, 0.2) is 53.9 Å². The average Bonchev–Trinajstić information content (AvgIpc) is 2.97. The van der Waals surface area contributed by atoms with Gasteiger partial charge in [0.25, 0.3) is 0 Å². The average molecular weight is 398 g/mol. The van der Waals surface area contributed by atoms with E-state index < -0.39 is 9.84 Å². The smallest absolute Gasteiger partial charge is 0.160 e. The predicted octanol–water partition coefficient (Wildman–Crippen LogP) is 5.23. The molecule has 2 aromatic carbocycles. The molecule has 0 radical (unpaired) electrons. The van der Waals surface area contributed by atoms with Gasteiger partial charge in [0.1, 0.15) is 5.01 Å². The van der Waals surface area contributed by atoms with Crippen LogP contribution in [0, 0.1) is 0 Å². The minimum atomic E-state index is -3.36. The summed E-state index contributed by atoms with van der Waals surface area (Å²) in [5.74, 6) is -0.231. The highest BCUT2D eigenvalue weighted by Crippen LogP contribution is 2.30. The van der Waals surface area contributed by atoms with Crippen molar-refractivity contribution < 1.29 is 8.42 Å². The Labute approximate surface area is 154 Å². The van der Waals surface area contributed by atoms with E-state index in [1.165, 1.54) is 11.3 Å². The summed E-state index contributed by atoms with van der Waals surface area (Å²) in [6.45, 7) is 0. The number of nitrogens with zero attached hydrogens (tertiary/aromatic N) is 1. The summed E-state index contributed by atoms with van der Waals surface area (Å²) < 4.78 is 24.8. The molecule has 3 rings (SSSR count). The Morgan fingerprint density at radius 3 is 2.29 bits per heavy atom. The van der Waals surface area contributed by atoms with Crippen LogP contribution < -0.4 is 0 Å². The topological polar surface area (TPSA) is 47.0 Å². The van der Waals surface area contributed by atoms with Crippen molar-refractivity contribution in [1.82, 2.24) is 4.98 Å². The Hall–Kier alpha value is -1.40. The zero-order valence-electron chi connectivity index (χ0n) is 12.4. The summed E-state index contributed by atoms with van der Waals surface area (Å²) in [5, 5.41) is 3.51. The molecular weight excluding hydrogens is 385 g/mol. The van der Waals surface area contributed by atoms with Gasteiger partial charge < -0.3 is 0 Å². The zero-order chi connectivity index (χ0) is 17.2. The molecule has 0 amide bonds. The molecule has 0 saturated heterocycles. The van der Waals surface area contributed by atoms with Gasteiger partial charge in [0.15, 0.2) is 9.84 Å². The van der Waals surface area contributed by atoms with Crippen molar-refractivity contribution in [3.8, 4) is 10.6 Å². The SMILES string of the molecule is O=S(=O)(Cc1csc(-c2ccccc2Cl)n1)Cc1ccccc1Cl. The highest BCUT2D eigenvalue weighted by Gasteiger charge is 2.17. The van der Waals surface area contributed by atoms with Crippen molar-refractivity contribution in [2.45, 2.75) is 11.5 Å². The lowest BCUT2D eigenvalue weighted by atomic mass is 10.2. The molecule has 0 aliphatic heterocycles. The van der Waals surface area contributed by atoms with Gasteiger partial charge in [-0.1, -0.05) is 59.6 Å². The maximum atomic E-state index is 12.4. The molecule has 0 saturated carbocycles. The van der Waals surface area contributed by atoms with Gasteiger partial charge in [-0.2, -0.15) is 0 Å². The Kier molecular flexibility index (Phi) is 5.25. The molecule has 0 N–H and O–H groups in total. The Morgan fingerprint density at radius 1 is 0.917 bits per heavy atom. The van der Waals surface area contributed by atoms with Gasteiger partial charge in [0.2, 0.25) is 0 Å². The van der Waals surface area contributed by atoms with Gasteiger partial charge in [0, 0.05) is 16.0 Å². The summed E-state index contributed by atoms with van der Waals surface area (Å²) in [6.07, 6.45) is 0. The summed E-state index contributed by atoms with van der Waals surface area (Å²) in [6, 6.07) is 14.3. The fraction of sp³-hybridized carbons (Fsp3) is 0.118. The van der Waals surface area contributed by atoms with E-state index in [-0.39, 0.29) is 11.5 Å². The highest BCUT2D eigenvalue weighted by molar-refractivity contribution is 7.89. The van der Waals surface area contributed by atoms with E-state index in [0.717, 1.165) is 5.56 Å². The fourth-order valence-electron chi connectivity index (χ4n) is 2.26. The van der Waals surface area contributed by atoms with Crippen molar-refractivity contribution in [3.05, 3.63) is 75.2 Å². The first-order valence-corrected chi connectivity index (χ1v) is 10.5. The number of aromatic nitrogens is 1. The van der Waals surface area contributed by atoms with Crippen LogP contribution in [0.5, 0.6) is 0 Å². The van der Waals surface area contributed by atoms with Crippen LogP contribution in [0.2, 0.25) is 10.0 Å². The number of hydrogen-bond acceptors (Lipinski definition) is 4.